The van der Waals surface area contributed by atoms with Crippen LogP contribution in [0.5, 0.6) is 0 Å². The minimum atomic E-state index is -1.09. The van der Waals surface area contributed by atoms with Crippen LogP contribution in [0, 0.1) is 11.8 Å². The molecule has 0 bridgehead atoms. The number of nitrogens with zero attached hydrogens (tertiary/aromatic N) is 2. The molecule has 2 amide bonds. The Morgan fingerprint density at radius 2 is 1.68 bits per heavy atom. The van der Waals surface area contributed by atoms with Crippen LogP contribution in [0.15, 0.2) is 29.8 Å². The summed E-state index contributed by atoms with van der Waals surface area (Å²) in [6.45, 7) is 16.5. The van der Waals surface area contributed by atoms with Gasteiger partial charge in [-0.1, -0.05) is 32.9 Å². The molecule has 1 unspecified atom stereocenters. The third kappa shape index (κ3) is 12.8. The Morgan fingerprint density at radius 3 is 2.04 bits per heavy atom. The molecule has 28 heavy (non-hydrogen) atoms. The number of carbonyl (C=O) groups is 3. The number of allylic oxidation sites excluding steroid dienone is 2. The molecule has 0 fully saturated rings. The van der Waals surface area contributed by atoms with E-state index in [2.05, 4.69) is 23.5 Å². The number of rotatable bonds is 10. The molecule has 7 nitrogen and oxygen atoms in total. The lowest BCUT2D eigenvalue weighted by atomic mass is 9.94. The van der Waals surface area contributed by atoms with Gasteiger partial charge in [-0.15, -0.1) is 6.58 Å². The van der Waals surface area contributed by atoms with Crippen LogP contribution in [0.3, 0.4) is 0 Å². The molecule has 160 valence electrons. The zero-order valence-corrected chi connectivity index (χ0v) is 18.4. The maximum absolute atomic E-state index is 12.5. The SMILES string of the molecule is C=C(C)/C(C)=N/C(NC(=O)[C@H](CCC(C)C)CC(=O)O)C(=O)N(C)C.C=CC. The van der Waals surface area contributed by atoms with E-state index in [-0.39, 0.29) is 12.3 Å². The average molecular weight is 396 g/mol. The van der Waals surface area contributed by atoms with Gasteiger partial charge in [-0.2, -0.15) is 0 Å². The minimum Gasteiger partial charge on any atom is -0.481 e. The quantitative estimate of drug-likeness (QED) is 0.438. The van der Waals surface area contributed by atoms with Crippen LogP contribution >= 0.6 is 0 Å². The van der Waals surface area contributed by atoms with Gasteiger partial charge in [-0.05, 0) is 38.7 Å². The van der Waals surface area contributed by atoms with E-state index in [4.69, 9.17) is 5.11 Å². The minimum absolute atomic E-state index is 0.273. The molecule has 0 spiro atoms. The first-order valence-electron chi connectivity index (χ1n) is 9.37. The molecule has 0 aromatic heterocycles. The lowest BCUT2D eigenvalue weighted by Crippen LogP contribution is -2.47. The van der Waals surface area contributed by atoms with Crippen molar-refractivity contribution in [1.29, 1.82) is 0 Å². The fourth-order valence-corrected chi connectivity index (χ4v) is 2.02. The highest BCUT2D eigenvalue weighted by Gasteiger charge is 2.27. The van der Waals surface area contributed by atoms with Crippen LogP contribution in [0.4, 0.5) is 0 Å². The van der Waals surface area contributed by atoms with Gasteiger partial charge >= 0.3 is 5.97 Å². The van der Waals surface area contributed by atoms with E-state index in [0.717, 1.165) is 6.42 Å². The first kappa shape index (κ1) is 27.8. The van der Waals surface area contributed by atoms with E-state index in [1.165, 1.54) is 4.90 Å². The Hall–Kier alpha value is -2.44. The number of nitrogens with one attached hydrogen (secondary N) is 1. The number of carbonyl (C=O) groups excluding carboxylic acids is 2. The third-order valence-electron chi connectivity index (χ3n) is 3.78. The molecular weight excluding hydrogens is 358 g/mol. The standard InChI is InChI=1S/C18H31N3O4.C3H6/c1-11(2)8-9-14(10-15(22)23)17(24)20-16(18(25)21(6)7)19-13(5)12(3)4;1-3-2/h11,14,16H,3,8-10H2,1-2,4-7H3,(H,20,24)(H,22,23);3H,1H2,2H3/b19-13+;/t14-,16?;/m1./s1. The molecule has 7 heteroatoms. The van der Waals surface area contributed by atoms with E-state index in [1.54, 1.807) is 34.0 Å². The smallest absolute Gasteiger partial charge is 0.304 e. The Bertz CT molecular complexity index is 580. The summed E-state index contributed by atoms with van der Waals surface area (Å²) in [4.78, 5) is 41.5. The monoisotopic (exact) mass is 395 g/mol. The van der Waals surface area contributed by atoms with Crippen LogP contribution in [0.1, 0.15) is 53.9 Å². The molecule has 0 aromatic carbocycles. The number of aliphatic imine (C=N–C) groups is 1. The van der Waals surface area contributed by atoms with E-state index in [9.17, 15) is 14.4 Å². The summed E-state index contributed by atoms with van der Waals surface area (Å²) in [5.74, 6) is -2.24. The van der Waals surface area contributed by atoms with Crippen LogP contribution in [0.2, 0.25) is 0 Å². The van der Waals surface area contributed by atoms with Gasteiger partial charge < -0.3 is 15.3 Å². The fourth-order valence-electron chi connectivity index (χ4n) is 2.02. The predicted molar refractivity (Wildman–Crippen MR) is 114 cm³/mol. The average Bonchev–Trinajstić information content (AvgIpc) is 2.56. The zero-order valence-electron chi connectivity index (χ0n) is 18.4. The molecular formula is C21H37N3O4. The van der Waals surface area contributed by atoms with Crippen molar-refractivity contribution < 1.29 is 19.5 Å². The molecule has 0 rings (SSSR count). The van der Waals surface area contributed by atoms with Crippen molar-refractivity contribution in [3.63, 3.8) is 0 Å². The number of aliphatic carboxylic acids is 1. The number of carboxylic acid groups (broad SMARTS) is 1. The van der Waals surface area contributed by atoms with E-state index in [1.807, 2.05) is 20.8 Å². The summed E-state index contributed by atoms with van der Waals surface area (Å²) < 4.78 is 0. The molecule has 0 aromatic rings. The van der Waals surface area contributed by atoms with Crippen molar-refractivity contribution in [1.82, 2.24) is 10.2 Å². The van der Waals surface area contributed by atoms with Gasteiger partial charge in [-0.3, -0.25) is 19.4 Å². The van der Waals surface area contributed by atoms with E-state index >= 15 is 0 Å². The molecule has 0 radical (unpaired) electrons. The molecule has 0 heterocycles. The van der Waals surface area contributed by atoms with E-state index < -0.39 is 24.0 Å². The van der Waals surface area contributed by atoms with Crippen LogP contribution in [-0.4, -0.2) is 53.8 Å². The lowest BCUT2D eigenvalue weighted by molar-refractivity contribution is -0.142. The van der Waals surface area contributed by atoms with E-state index in [0.29, 0.717) is 23.6 Å². The fraction of sp³-hybridized carbons (Fsp3) is 0.619. The summed E-state index contributed by atoms with van der Waals surface area (Å²) in [6.07, 6.45) is 1.56. The highest BCUT2D eigenvalue weighted by atomic mass is 16.4. The predicted octanol–water partition coefficient (Wildman–Crippen LogP) is 3.27. The molecule has 0 saturated heterocycles. The van der Waals surface area contributed by atoms with Gasteiger partial charge in [0, 0.05) is 25.7 Å². The number of amides is 2. The summed E-state index contributed by atoms with van der Waals surface area (Å²) >= 11 is 0. The number of likely N-dealkylation sites (N-methyl/N-ethyl adjacent to an activating group) is 1. The Balaban J connectivity index is 0. The second-order valence-electron chi connectivity index (χ2n) is 7.31. The summed E-state index contributed by atoms with van der Waals surface area (Å²) in [6, 6.07) is 0. The lowest BCUT2D eigenvalue weighted by Gasteiger charge is -2.22. The summed E-state index contributed by atoms with van der Waals surface area (Å²) in [5.41, 5.74) is 1.24. The summed E-state index contributed by atoms with van der Waals surface area (Å²) in [5, 5.41) is 11.6. The Kier molecular flexibility index (Phi) is 14.5. The first-order chi connectivity index (χ1) is 12.9. The summed E-state index contributed by atoms with van der Waals surface area (Å²) in [7, 11) is 3.14. The van der Waals surface area contributed by atoms with Gasteiger partial charge in [-0.25, -0.2) is 0 Å². The molecule has 0 saturated carbocycles. The third-order valence-corrected chi connectivity index (χ3v) is 3.78. The van der Waals surface area contributed by atoms with Gasteiger partial charge in [0.2, 0.25) is 12.1 Å². The van der Waals surface area contributed by atoms with Gasteiger partial charge in [0.1, 0.15) is 0 Å². The number of hydrogen-bond acceptors (Lipinski definition) is 4. The largest absolute Gasteiger partial charge is 0.481 e. The van der Waals surface area contributed by atoms with Crippen molar-refractivity contribution >= 4 is 23.5 Å². The highest BCUT2D eigenvalue weighted by Crippen LogP contribution is 2.16. The first-order valence-corrected chi connectivity index (χ1v) is 9.37. The normalized spacial score (nSPS) is 12.9. The van der Waals surface area contributed by atoms with Crippen LogP contribution in [-0.2, 0) is 14.4 Å². The van der Waals surface area contributed by atoms with Crippen molar-refractivity contribution in [2.45, 2.75) is 60.0 Å². The van der Waals surface area contributed by atoms with Crippen LogP contribution < -0.4 is 5.32 Å². The Morgan fingerprint density at radius 1 is 1.18 bits per heavy atom. The topological polar surface area (TPSA) is 99.1 Å². The van der Waals surface area contributed by atoms with Gasteiger partial charge in [0.25, 0.3) is 5.91 Å². The molecule has 2 atom stereocenters. The molecule has 0 aliphatic carbocycles. The van der Waals surface area contributed by atoms with Crippen molar-refractivity contribution in [3.8, 4) is 0 Å². The van der Waals surface area contributed by atoms with Crippen molar-refractivity contribution in [2.24, 2.45) is 16.8 Å². The second kappa shape index (κ2) is 14.6. The Labute approximate surface area is 169 Å². The van der Waals surface area contributed by atoms with Crippen molar-refractivity contribution in [2.75, 3.05) is 14.1 Å². The number of hydrogen-bond donors (Lipinski definition) is 2. The maximum atomic E-state index is 12.5. The van der Waals surface area contributed by atoms with Gasteiger partial charge in [0.05, 0.1) is 6.42 Å². The zero-order chi connectivity index (χ0) is 22.4. The molecule has 2 N–H and O–H groups in total. The highest BCUT2D eigenvalue weighted by molar-refractivity contribution is 5.99. The molecule has 0 aliphatic heterocycles. The van der Waals surface area contributed by atoms with Crippen molar-refractivity contribution in [3.05, 3.63) is 24.8 Å². The molecule has 0 aliphatic rings. The second-order valence-corrected chi connectivity index (χ2v) is 7.31. The van der Waals surface area contributed by atoms with Gasteiger partial charge in [0.15, 0.2) is 0 Å². The maximum Gasteiger partial charge on any atom is 0.304 e. The van der Waals surface area contributed by atoms with Crippen LogP contribution in [0.25, 0.3) is 0 Å². The number of carboxylic acids is 1.